The van der Waals surface area contributed by atoms with Gasteiger partial charge in [-0.15, -0.1) is 30.6 Å². The second-order valence-electron chi connectivity index (χ2n) is 29.3. The molecule has 2 aromatic carbocycles. The largest absolute Gasteiger partial charge is 0.490 e. The lowest BCUT2D eigenvalue weighted by atomic mass is 9.74. The number of halogens is 7. The number of fused-ring (bicyclic) bond motifs is 3. The van der Waals surface area contributed by atoms with E-state index < -0.39 is 29.1 Å². The summed E-state index contributed by atoms with van der Waals surface area (Å²) >= 11 is 36.7. The Hall–Kier alpha value is -5.10. The van der Waals surface area contributed by atoms with Crippen LogP contribution in [0, 0.1) is 48.1 Å². The Labute approximate surface area is 676 Å². The summed E-state index contributed by atoms with van der Waals surface area (Å²) in [6, 6.07) is 10.5. The quantitative estimate of drug-likeness (QED) is 0.0262. The Bertz CT molecular complexity index is 4450. The molecule has 31 nitrogen and oxygen atoms in total. The minimum atomic E-state index is -1.57. The van der Waals surface area contributed by atoms with Crippen molar-refractivity contribution in [1.82, 2.24) is 73.5 Å². The van der Waals surface area contributed by atoms with Crippen molar-refractivity contribution in [1.29, 1.82) is 11.1 Å². The first-order valence-corrected chi connectivity index (χ1v) is 40.2. The van der Waals surface area contributed by atoms with Gasteiger partial charge < -0.3 is 46.2 Å². The molecule has 3 aliphatic heterocycles. The number of hydrogen-bond acceptors (Lipinski definition) is 22. The highest BCUT2D eigenvalue weighted by molar-refractivity contribution is 9.11. The highest BCUT2D eigenvalue weighted by Gasteiger charge is 2.51. The Kier molecular flexibility index (Phi) is 32.2. The van der Waals surface area contributed by atoms with Crippen LogP contribution in [0.1, 0.15) is 151 Å². The van der Waals surface area contributed by atoms with Gasteiger partial charge in [-0.1, -0.05) is 85.5 Å². The summed E-state index contributed by atoms with van der Waals surface area (Å²) in [4.78, 5) is 18.3. The van der Waals surface area contributed by atoms with E-state index in [0.717, 1.165) is 158 Å². The van der Waals surface area contributed by atoms with Crippen molar-refractivity contribution in [3.8, 4) is 11.1 Å². The highest BCUT2D eigenvalue weighted by atomic mass is 79.9. The number of anilines is 2. The summed E-state index contributed by atoms with van der Waals surface area (Å²) < 4.78 is 38.2. The van der Waals surface area contributed by atoms with Gasteiger partial charge >= 0.3 is 7.12 Å². The zero-order valence-corrected chi connectivity index (χ0v) is 68.7. The molecule has 12 N–H and O–H groups in total. The molecular formula is C67H98BBr2Cl5N24O7S2. The van der Waals surface area contributed by atoms with Gasteiger partial charge in [0, 0.05) is 60.9 Å². The number of nitrogens with zero attached hydrogens (tertiary/aromatic N) is 18. The van der Waals surface area contributed by atoms with E-state index in [1.54, 1.807) is 35.3 Å². The molecule has 3 saturated heterocycles. The first-order chi connectivity index (χ1) is 50.1. The van der Waals surface area contributed by atoms with Gasteiger partial charge in [-0.05, 0) is 245 Å². The molecule has 8 aromatic rings. The van der Waals surface area contributed by atoms with Crippen LogP contribution in [0.4, 0.5) is 11.9 Å². The number of aliphatic hydroxyl groups excluding tert-OH is 3. The molecule has 0 unspecified atom stereocenters. The molecule has 0 radical (unpaired) electrons. The molecule has 0 amide bonds. The van der Waals surface area contributed by atoms with E-state index in [4.69, 9.17) is 94.8 Å². The van der Waals surface area contributed by atoms with Crippen LogP contribution in [-0.4, -0.2) is 185 Å². The smallest absolute Gasteiger partial charge is 0.423 e. The fourth-order valence-electron chi connectivity index (χ4n) is 14.6. The molecular weight excluding hydrogens is 1660 g/mol. The van der Waals surface area contributed by atoms with Gasteiger partial charge in [-0.2, -0.15) is 11.1 Å². The minimum absolute atomic E-state index is 0. The predicted molar refractivity (Wildman–Crippen MR) is 433 cm³/mol. The lowest BCUT2D eigenvalue weighted by Gasteiger charge is -2.44. The van der Waals surface area contributed by atoms with Crippen LogP contribution < -0.4 is 35.8 Å². The molecule has 592 valence electrons. The van der Waals surface area contributed by atoms with Gasteiger partial charge in [0.2, 0.25) is 17.2 Å². The number of aryl methyl sites for hydroxylation is 3. The van der Waals surface area contributed by atoms with E-state index in [-0.39, 0.29) is 87.5 Å². The van der Waals surface area contributed by atoms with Gasteiger partial charge in [-0.3, -0.25) is 8.80 Å². The van der Waals surface area contributed by atoms with Crippen LogP contribution in [0.2, 0.25) is 25.4 Å². The maximum atomic E-state index is 12.7. The average molecular weight is 1760 g/mol. The molecule has 0 bridgehead atoms. The van der Waals surface area contributed by atoms with Gasteiger partial charge in [0.25, 0.3) is 0 Å². The highest BCUT2D eigenvalue weighted by Crippen LogP contribution is 2.50. The maximum Gasteiger partial charge on any atom is 0.490 e. The standard InChI is InChI=1S/C21H24Cl2N6O.C19H29BrN6O2S.C13H26N2O2S.C6H5BCl2O2.C6H4BrClN4.2CH4.H2N6/c1-12-17(14-3-2-4-15(22)18(14)23)19-27-25-11-29(19)20(26-12)28-7-5-21(6-8-28)10-13(30)9-16(21)24;1-12-15(20)16-23-21-11-26(16)17(22-12)25-7-5-19(6-8-25)10-13(27)9-14(19)24-29(28)18(2,3)4;1-12(2,3)18(17)15-11-8-10(16)9-13(11)4-6-14-7-5-13;8-5-3-1-2-4(6(5)9)7(10)11;1-3-4(7)5-11-9-2-12(5)6(8)10-3;;;1-3-5-6-4-2/h2-4,11,13,16,30H,5-10,24H2,1H3;11,13-14,24,27H,5-10H2,1-4H3;10-11,14-16H,4-9H2,1-3H3;1-3,10-11H;2H,1H3;2*1H4;1-2H/b;;;;;;;3-1?,4-2?,6-5+/t13-,16+;13-,14+,29+;10-,11+,18+;;;;;/m000...../s1. The molecule has 8 atom stereocenters. The summed E-state index contributed by atoms with van der Waals surface area (Å²) in [7, 11) is -3.77. The summed E-state index contributed by atoms with van der Waals surface area (Å²) in [5, 5.41) is 87.7. The average Bonchev–Trinajstić information content (AvgIpc) is 1.29. The second kappa shape index (κ2) is 38.6. The van der Waals surface area contributed by atoms with E-state index in [1.807, 2.05) is 83.2 Å². The number of aromatic nitrogens is 12. The SMILES string of the molecule is C.C.CC(C)(C)[S@@](=O)N[C@@H]1C[C@H](O)CC12CCNCC2.Cc1nc(Cl)n2cnnc2c1Br.Cc1nc(N2CCC3(CC2)C[C@@H](O)C[C@H]3N)n2cnnc2c1-c1cccc(Cl)c1Cl.Cc1nc(N2CCC3(CC2)C[C@@H](O)C[C@H]3N[S@](=O)C(C)(C)C)n2cnnc2c1Br.N=N/N=N/N=N.OB(O)c1cccc(Cl)c1Cl. The Morgan fingerprint density at radius 3 is 1.46 bits per heavy atom. The monoisotopic (exact) mass is 1760 g/mol. The Morgan fingerprint density at radius 1 is 0.593 bits per heavy atom. The molecule has 14 rings (SSSR count). The number of nitrogens with one attached hydrogen (secondary N) is 5. The third-order valence-corrected chi connectivity index (χ3v) is 27.3. The molecule has 3 aliphatic carbocycles. The van der Waals surface area contributed by atoms with Gasteiger partial charge in [0.05, 0.1) is 95.9 Å². The lowest BCUT2D eigenvalue weighted by Crippen LogP contribution is -2.51. The normalized spacial score (nSPS) is 21.8. The van der Waals surface area contributed by atoms with Crippen molar-refractivity contribution in [3.63, 3.8) is 0 Å². The molecule has 6 aliphatic rings. The van der Waals surface area contributed by atoms with Crippen molar-refractivity contribution in [2.24, 2.45) is 42.9 Å². The van der Waals surface area contributed by atoms with Crippen molar-refractivity contribution >= 4 is 153 Å². The lowest BCUT2D eigenvalue weighted by molar-refractivity contribution is 0.133. The molecule has 6 fully saturated rings. The van der Waals surface area contributed by atoms with E-state index in [2.05, 4.69) is 113 Å². The Morgan fingerprint density at radius 2 is 1.00 bits per heavy atom. The molecule has 3 spiro atoms. The minimum Gasteiger partial charge on any atom is -0.423 e. The summed E-state index contributed by atoms with van der Waals surface area (Å²) in [5.74, 6) is 1.67. The third-order valence-electron chi connectivity index (χ3n) is 20.3. The van der Waals surface area contributed by atoms with E-state index >= 15 is 0 Å². The topological polar surface area (TPSA) is 430 Å². The zero-order valence-electron chi connectivity index (χ0n) is 60.1. The number of piperidine rings is 3. The van der Waals surface area contributed by atoms with Crippen LogP contribution in [0.3, 0.4) is 0 Å². The first kappa shape index (κ1) is 90.1. The summed E-state index contributed by atoms with van der Waals surface area (Å²) in [6.07, 6.45) is 14.4. The number of aliphatic hydroxyl groups is 3. The first-order valence-electron chi connectivity index (χ1n) is 34.4. The zero-order chi connectivity index (χ0) is 77.4. The number of nitrogens with two attached hydrogens (primary N) is 1. The van der Waals surface area contributed by atoms with Crippen LogP contribution in [0.5, 0.6) is 0 Å². The third kappa shape index (κ3) is 21.0. The van der Waals surface area contributed by atoms with E-state index in [0.29, 0.717) is 44.5 Å². The fourth-order valence-corrected chi connectivity index (χ4v) is 18.3. The second-order valence-corrected chi connectivity index (χ2v) is 36.8. The van der Waals surface area contributed by atoms with Crippen LogP contribution in [-0.2, 0) is 22.0 Å². The molecule has 9 heterocycles. The molecule has 41 heteroatoms. The van der Waals surface area contributed by atoms with Gasteiger partial charge in [0.15, 0.2) is 16.9 Å². The molecule has 108 heavy (non-hydrogen) atoms. The summed E-state index contributed by atoms with van der Waals surface area (Å²) in [6.45, 7) is 23.0. The van der Waals surface area contributed by atoms with Crippen LogP contribution in [0.15, 0.2) is 85.2 Å². The Balaban J connectivity index is 0.000000192. The van der Waals surface area contributed by atoms with Crippen molar-refractivity contribution < 1.29 is 33.8 Å². The van der Waals surface area contributed by atoms with Crippen molar-refractivity contribution in [3.05, 3.63) is 107 Å². The predicted octanol–water partition coefficient (Wildman–Crippen LogP) is 11.9. The maximum absolute atomic E-state index is 12.7. The number of hydrogen-bond donors (Lipinski definition) is 11. The van der Waals surface area contributed by atoms with Crippen molar-refractivity contribution in [2.75, 3.05) is 49.1 Å². The molecule has 6 aromatic heterocycles. The van der Waals surface area contributed by atoms with Gasteiger partial charge in [-0.25, -0.2) is 37.2 Å². The summed E-state index contributed by atoms with van der Waals surface area (Å²) in [5.41, 5.74) is 24.9. The number of benzene rings is 2. The van der Waals surface area contributed by atoms with Crippen LogP contribution in [0.25, 0.3) is 28.1 Å². The molecule has 3 saturated carbocycles. The van der Waals surface area contributed by atoms with E-state index in [1.165, 1.54) is 12.4 Å². The fraction of sp³-hybridized carbons (Fsp3) is 0.597. The number of rotatable bonds is 10. The van der Waals surface area contributed by atoms with E-state index in [9.17, 15) is 23.7 Å². The van der Waals surface area contributed by atoms with Crippen LogP contribution >= 0.6 is 89.9 Å². The van der Waals surface area contributed by atoms with Gasteiger partial charge in [0.1, 0.15) is 19.0 Å². The van der Waals surface area contributed by atoms with Crippen molar-refractivity contribution in [2.45, 2.75) is 200 Å².